The summed E-state index contributed by atoms with van der Waals surface area (Å²) in [6.45, 7) is 5.02. The van der Waals surface area contributed by atoms with Crippen molar-refractivity contribution in [3.05, 3.63) is 29.3 Å². The van der Waals surface area contributed by atoms with Gasteiger partial charge in [0.05, 0.1) is 39.6 Å². The molecular weight excluding hydrogens is 356 g/mol. The number of rotatable bonds is 6. The van der Waals surface area contributed by atoms with Crippen LogP contribution in [0, 0.1) is 5.92 Å². The summed E-state index contributed by atoms with van der Waals surface area (Å²) in [5.74, 6) is 1.47. The molecule has 1 amide bonds. The zero-order chi connectivity index (χ0) is 19.3. The zero-order valence-corrected chi connectivity index (χ0v) is 16.8. The highest BCUT2D eigenvalue weighted by atomic mass is 16.5. The zero-order valence-electron chi connectivity index (χ0n) is 16.8. The van der Waals surface area contributed by atoms with E-state index >= 15 is 0 Å². The summed E-state index contributed by atoms with van der Waals surface area (Å²) in [6.07, 6.45) is 5.49. The number of ether oxygens (including phenoxy) is 3. The molecule has 3 fully saturated rings. The molecular formula is C22H32N2O4. The average Bonchev–Trinajstić information content (AvgIpc) is 2.97. The maximum Gasteiger partial charge on any atom is 0.251 e. The fourth-order valence-corrected chi connectivity index (χ4v) is 4.39. The molecule has 4 rings (SSSR count). The van der Waals surface area contributed by atoms with Gasteiger partial charge in [-0.3, -0.25) is 9.69 Å². The standard InChI is InChI=1S/C22H32N2O4/c1-26-21-6-5-17(22(25)23-19-3-2-4-19)12-18(21)11-16-7-8-24(13-16)20-14-27-9-10-28-15-20/h5-6,12,16,19-20H,2-4,7-11,13-15H2,1H3,(H,23,25). The van der Waals surface area contributed by atoms with E-state index in [1.54, 1.807) is 7.11 Å². The van der Waals surface area contributed by atoms with Crippen molar-refractivity contribution in [2.45, 2.75) is 44.2 Å². The Kier molecular flexibility index (Phi) is 6.50. The lowest BCUT2D eigenvalue weighted by atomic mass is 9.92. The Balaban J connectivity index is 1.39. The van der Waals surface area contributed by atoms with Gasteiger partial charge in [0.15, 0.2) is 0 Å². The van der Waals surface area contributed by atoms with E-state index in [9.17, 15) is 4.79 Å². The monoisotopic (exact) mass is 388 g/mol. The minimum atomic E-state index is 0.0365. The topological polar surface area (TPSA) is 60.0 Å². The van der Waals surface area contributed by atoms with Crippen LogP contribution in [-0.2, 0) is 15.9 Å². The Morgan fingerprint density at radius 2 is 2.00 bits per heavy atom. The predicted octanol–water partition coefficient (Wildman–Crippen LogP) is 2.26. The number of likely N-dealkylation sites (tertiary alicyclic amines) is 1. The van der Waals surface area contributed by atoms with Crippen LogP contribution in [0.3, 0.4) is 0 Å². The summed E-state index contributed by atoms with van der Waals surface area (Å²) in [6, 6.07) is 6.54. The van der Waals surface area contributed by atoms with Crippen LogP contribution < -0.4 is 10.1 Å². The van der Waals surface area contributed by atoms with Crippen LogP contribution in [0.25, 0.3) is 0 Å². The van der Waals surface area contributed by atoms with E-state index in [1.165, 1.54) is 6.42 Å². The van der Waals surface area contributed by atoms with E-state index < -0.39 is 0 Å². The third kappa shape index (κ3) is 4.67. The van der Waals surface area contributed by atoms with E-state index in [-0.39, 0.29) is 5.91 Å². The van der Waals surface area contributed by atoms with Crippen molar-refractivity contribution >= 4 is 5.91 Å². The largest absolute Gasteiger partial charge is 0.496 e. The molecule has 0 radical (unpaired) electrons. The summed E-state index contributed by atoms with van der Waals surface area (Å²) >= 11 is 0. The van der Waals surface area contributed by atoms with Crippen LogP contribution in [0.4, 0.5) is 0 Å². The second-order valence-electron chi connectivity index (χ2n) is 8.29. The predicted molar refractivity (Wildman–Crippen MR) is 107 cm³/mol. The molecule has 1 N–H and O–H groups in total. The molecule has 2 aliphatic heterocycles. The molecule has 1 aliphatic carbocycles. The maximum absolute atomic E-state index is 12.5. The lowest BCUT2D eigenvalue weighted by molar-refractivity contribution is 0.0839. The first kappa shape index (κ1) is 19.7. The second kappa shape index (κ2) is 9.25. The van der Waals surface area contributed by atoms with Gasteiger partial charge in [-0.15, -0.1) is 0 Å². The quantitative estimate of drug-likeness (QED) is 0.810. The molecule has 1 aromatic carbocycles. The Bertz CT molecular complexity index is 669. The molecule has 1 unspecified atom stereocenters. The van der Waals surface area contributed by atoms with E-state index in [2.05, 4.69) is 10.2 Å². The van der Waals surface area contributed by atoms with Crippen molar-refractivity contribution < 1.29 is 19.0 Å². The van der Waals surface area contributed by atoms with Crippen LogP contribution in [-0.4, -0.2) is 69.5 Å². The molecule has 0 spiro atoms. The lowest BCUT2D eigenvalue weighted by Crippen LogP contribution is -2.39. The molecule has 28 heavy (non-hydrogen) atoms. The first-order valence-electron chi connectivity index (χ1n) is 10.6. The van der Waals surface area contributed by atoms with Crippen molar-refractivity contribution in [2.24, 2.45) is 5.92 Å². The van der Waals surface area contributed by atoms with Gasteiger partial charge in [-0.1, -0.05) is 0 Å². The van der Waals surface area contributed by atoms with Crippen molar-refractivity contribution in [3.8, 4) is 5.75 Å². The molecule has 0 aromatic heterocycles. The molecule has 6 heteroatoms. The highest BCUT2D eigenvalue weighted by molar-refractivity contribution is 5.94. The van der Waals surface area contributed by atoms with E-state index in [4.69, 9.17) is 14.2 Å². The number of hydrogen-bond donors (Lipinski definition) is 1. The fraction of sp³-hybridized carbons (Fsp3) is 0.682. The van der Waals surface area contributed by atoms with Gasteiger partial charge in [0.1, 0.15) is 5.75 Å². The van der Waals surface area contributed by atoms with Crippen LogP contribution in [0.5, 0.6) is 5.75 Å². The first-order chi connectivity index (χ1) is 13.7. The summed E-state index contributed by atoms with van der Waals surface area (Å²) in [7, 11) is 1.70. The molecule has 1 saturated carbocycles. The van der Waals surface area contributed by atoms with Gasteiger partial charge < -0.3 is 19.5 Å². The van der Waals surface area contributed by atoms with Gasteiger partial charge in [0.2, 0.25) is 0 Å². The number of nitrogens with one attached hydrogen (secondary N) is 1. The Morgan fingerprint density at radius 3 is 2.68 bits per heavy atom. The highest BCUT2D eigenvalue weighted by Gasteiger charge is 2.30. The lowest BCUT2D eigenvalue weighted by Gasteiger charge is -2.26. The minimum Gasteiger partial charge on any atom is -0.496 e. The van der Waals surface area contributed by atoms with E-state index in [1.807, 2.05) is 18.2 Å². The molecule has 3 aliphatic rings. The van der Waals surface area contributed by atoms with Gasteiger partial charge in [-0.2, -0.15) is 0 Å². The number of methoxy groups -OCH3 is 1. The first-order valence-corrected chi connectivity index (χ1v) is 10.6. The van der Waals surface area contributed by atoms with Gasteiger partial charge >= 0.3 is 0 Å². The smallest absolute Gasteiger partial charge is 0.251 e. The summed E-state index contributed by atoms with van der Waals surface area (Å²) in [4.78, 5) is 15.0. The minimum absolute atomic E-state index is 0.0365. The van der Waals surface area contributed by atoms with E-state index in [0.29, 0.717) is 31.2 Å². The van der Waals surface area contributed by atoms with Crippen molar-refractivity contribution in [3.63, 3.8) is 0 Å². The van der Waals surface area contributed by atoms with E-state index in [0.717, 1.165) is 68.9 Å². The summed E-state index contributed by atoms with van der Waals surface area (Å²) < 4.78 is 16.9. The number of amides is 1. The number of carbonyl (C=O) groups is 1. The van der Waals surface area contributed by atoms with Crippen LogP contribution in [0.2, 0.25) is 0 Å². The van der Waals surface area contributed by atoms with Crippen molar-refractivity contribution in [1.82, 2.24) is 10.2 Å². The SMILES string of the molecule is COc1ccc(C(=O)NC2CCC2)cc1CC1CCN(C2COCCOC2)C1. The van der Waals surface area contributed by atoms with Crippen molar-refractivity contribution in [1.29, 1.82) is 0 Å². The van der Waals surface area contributed by atoms with Gasteiger partial charge in [0, 0.05) is 18.2 Å². The molecule has 1 aromatic rings. The Labute approximate surface area is 167 Å². The van der Waals surface area contributed by atoms with Crippen LogP contribution >= 0.6 is 0 Å². The normalized spacial score (nSPS) is 24.5. The third-order valence-corrected chi connectivity index (χ3v) is 6.32. The molecule has 154 valence electrons. The Morgan fingerprint density at radius 1 is 1.21 bits per heavy atom. The number of hydrogen-bond acceptors (Lipinski definition) is 5. The molecule has 2 heterocycles. The molecule has 1 atom stereocenters. The third-order valence-electron chi connectivity index (χ3n) is 6.32. The highest BCUT2D eigenvalue weighted by Crippen LogP contribution is 2.29. The van der Waals surface area contributed by atoms with Crippen LogP contribution in [0.1, 0.15) is 41.6 Å². The molecule has 2 saturated heterocycles. The number of benzene rings is 1. The maximum atomic E-state index is 12.5. The molecule has 0 bridgehead atoms. The van der Waals surface area contributed by atoms with Crippen LogP contribution in [0.15, 0.2) is 18.2 Å². The molecule has 6 nitrogen and oxygen atoms in total. The Hall–Kier alpha value is -1.63. The average molecular weight is 389 g/mol. The summed E-state index contributed by atoms with van der Waals surface area (Å²) in [5, 5.41) is 3.13. The van der Waals surface area contributed by atoms with Gasteiger partial charge in [-0.25, -0.2) is 0 Å². The van der Waals surface area contributed by atoms with Gasteiger partial charge in [-0.05, 0) is 68.3 Å². The summed E-state index contributed by atoms with van der Waals surface area (Å²) in [5.41, 5.74) is 1.87. The van der Waals surface area contributed by atoms with Crippen molar-refractivity contribution in [2.75, 3.05) is 46.6 Å². The number of carbonyl (C=O) groups excluding carboxylic acids is 1. The van der Waals surface area contributed by atoms with Gasteiger partial charge in [0.25, 0.3) is 5.91 Å². The number of nitrogens with zero attached hydrogens (tertiary/aromatic N) is 1. The second-order valence-corrected chi connectivity index (χ2v) is 8.29. The fourth-order valence-electron chi connectivity index (χ4n) is 4.39.